The Labute approximate surface area is 108 Å². The third-order valence-corrected chi connectivity index (χ3v) is 2.01. The summed E-state index contributed by atoms with van der Waals surface area (Å²) in [7, 11) is 0. The molecule has 17 heavy (non-hydrogen) atoms. The third kappa shape index (κ3) is 6.14. The lowest BCUT2D eigenvalue weighted by Crippen LogP contribution is -2.18. The first-order chi connectivity index (χ1) is 7.61. The maximum absolute atomic E-state index is 11.2. The Morgan fingerprint density at radius 1 is 1.53 bits per heavy atom. The highest BCUT2D eigenvalue weighted by molar-refractivity contribution is 5.85. The van der Waals surface area contributed by atoms with Gasteiger partial charge in [-0.1, -0.05) is 12.1 Å². The van der Waals surface area contributed by atoms with Crippen LogP contribution in [-0.4, -0.2) is 18.7 Å². The summed E-state index contributed by atoms with van der Waals surface area (Å²) in [5, 5.41) is 2.65. The van der Waals surface area contributed by atoms with E-state index in [1.807, 2.05) is 31.2 Å². The van der Waals surface area contributed by atoms with E-state index in [1.165, 1.54) is 0 Å². The fraction of sp³-hybridized carbons (Fsp3) is 0.417. The Morgan fingerprint density at radius 3 is 2.82 bits per heavy atom. The van der Waals surface area contributed by atoms with E-state index in [2.05, 4.69) is 5.32 Å². The summed E-state index contributed by atoms with van der Waals surface area (Å²) in [5.41, 5.74) is 7.55. The van der Waals surface area contributed by atoms with Gasteiger partial charge in [-0.2, -0.15) is 0 Å². The second-order valence-electron chi connectivity index (χ2n) is 3.73. The molecule has 1 aromatic carbocycles. The quantitative estimate of drug-likeness (QED) is 0.872. The van der Waals surface area contributed by atoms with Gasteiger partial charge in [0.1, 0.15) is 0 Å². The number of nitrogens with one attached hydrogen (secondary N) is 1. The fourth-order valence-corrected chi connectivity index (χ4v) is 1.43. The molecule has 0 aliphatic carbocycles. The molecule has 0 heterocycles. The molecule has 0 radical (unpaired) electrons. The zero-order chi connectivity index (χ0) is 12.0. The minimum Gasteiger partial charge on any atom is -0.450 e. The number of anilines is 1. The Kier molecular flexibility index (Phi) is 7.34. The number of amides is 1. The van der Waals surface area contributed by atoms with Gasteiger partial charge in [0.15, 0.2) is 0 Å². The molecule has 1 amide bonds. The smallest absolute Gasteiger partial charge is 0.411 e. The highest BCUT2D eigenvalue weighted by Gasteiger charge is 2.03. The van der Waals surface area contributed by atoms with E-state index in [0.717, 1.165) is 17.7 Å². The van der Waals surface area contributed by atoms with Crippen LogP contribution in [0.15, 0.2) is 24.3 Å². The van der Waals surface area contributed by atoms with E-state index in [9.17, 15) is 4.79 Å². The number of hydrogen-bond acceptors (Lipinski definition) is 3. The average Bonchev–Trinajstić information content (AvgIpc) is 2.17. The van der Waals surface area contributed by atoms with Crippen LogP contribution < -0.4 is 11.1 Å². The van der Waals surface area contributed by atoms with Crippen LogP contribution in [-0.2, 0) is 11.2 Å². The Morgan fingerprint density at radius 2 is 2.24 bits per heavy atom. The van der Waals surface area contributed by atoms with Gasteiger partial charge in [-0.25, -0.2) is 4.79 Å². The molecule has 3 N–H and O–H groups in total. The van der Waals surface area contributed by atoms with Crippen molar-refractivity contribution in [3.8, 4) is 0 Å². The molecule has 5 heteroatoms. The average molecular weight is 259 g/mol. The highest BCUT2D eigenvalue weighted by Crippen LogP contribution is 2.12. The van der Waals surface area contributed by atoms with Crippen molar-refractivity contribution in [3.63, 3.8) is 0 Å². The van der Waals surface area contributed by atoms with E-state index < -0.39 is 6.09 Å². The molecule has 0 fully saturated rings. The molecule has 1 rings (SSSR count). The minimum absolute atomic E-state index is 0. The van der Waals surface area contributed by atoms with Crippen molar-refractivity contribution in [2.45, 2.75) is 26.3 Å². The molecule has 0 aromatic heterocycles. The van der Waals surface area contributed by atoms with Crippen molar-refractivity contribution in [1.29, 1.82) is 0 Å². The number of halogens is 1. The Bertz CT molecular complexity index is 356. The third-order valence-electron chi connectivity index (χ3n) is 2.01. The summed E-state index contributed by atoms with van der Waals surface area (Å²) >= 11 is 0. The molecule has 0 aliphatic rings. The van der Waals surface area contributed by atoms with E-state index in [4.69, 9.17) is 10.5 Å². The summed E-state index contributed by atoms with van der Waals surface area (Å²) in [4.78, 5) is 11.2. The highest BCUT2D eigenvalue weighted by atomic mass is 35.5. The van der Waals surface area contributed by atoms with Crippen LogP contribution in [0.5, 0.6) is 0 Å². The van der Waals surface area contributed by atoms with Crippen molar-refractivity contribution in [2.24, 2.45) is 5.73 Å². The number of rotatable bonds is 4. The monoisotopic (exact) mass is 258 g/mol. The van der Waals surface area contributed by atoms with Crippen LogP contribution in [0.1, 0.15) is 19.4 Å². The van der Waals surface area contributed by atoms with Crippen LogP contribution in [0.3, 0.4) is 0 Å². The lowest BCUT2D eigenvalue weighted by Gasteiger charge is -2.08. The van der Waals surface area contributed by atoms with Crippen LogP contribution in [0.2, 0.25) is 0 Å². The lowest BCUT2D eigenvalue weighted by atomic mass is 10.1. The first-order valence-corrected chi connectivity index (χ1v) is 5.40. The lowest BCUT2D eigenvalue weighted by molar-refractivity contribution is 0.168. The van der Waals surface area contributed by atoms with Gasteiger partial charge in [-0.15, -0.1) is 12.4 Å². The SMILES string of the molecule is CCOC(=O)Nc1cccc(CC(C)N)c1.Cl. The molecule has 0 bridgehead atoms. The number of carbonyl (C=O) groups is 1. The summed E-state index contributed by atoms with van der Waals surface area (Å²) < 4.78 is 4.79. The van der Waals surface area contributed by atoms with Gasteiger partial charge in [0.05, 0.1) is 6.61 Å². The first kappa shape index (κ1) is 15.7. The van der Waals surface area contributed by atoms with E-state index >= 15 is 0 Å². The van der Waals surface area contributed by atoms with Crippen LogP contribution in [0.25, 0.3) is 0 Å². The van der Waals surface area contributed by atoms with Crippen molar-refractivity contribution >= 4 is 24.2 Å². The topological polar surface area (TPSA) is 64.3 Å². The Hall–Kier alpha value is -1.26. The molecule has 0 aliphatic heterocycles. The molecule has 1 atom stereocenters. The van der Waals surface area contributed by atoms with Gasteiger partial charge in [-0.05, 0) is 38.0 Å². The summed E-state index contributed by atoms with van der Waals surface area (Å²) in [6.45, 7) is 4.09. The van der Waals surface area contributed by atoms with Gasteiger partial charge in [0, 0.05) is 11.7 Å². The van der Waals surface area contributed by atoms with Crippen molar-refractivity contribution in [2.75, 3.05) is 11.9 Å². The summed E-state index contributed by atoms with van der Waals surface area (Å²) in [6.07, 6.45) is 0.360. The summed E-state index contributed by atoms with van der Waals surface area (Å²) in [5.74, 6) is 0. The minimum atomic E-state index is -0.430. The van der Waals surface area contributed by atoms with Gasteiger partial charge in [-0.3, -0.25) is 5.32 Å². The van der Waals surface area contributed by atoms with Crippen molar-refractivity contribution in [1.82, 2.24) is 0 Å². The maximum Gasteiger partial charge on any atom is 0.411 e. The molecule has 1 aromatic rings. The number of carbonyl (C=O) groups excluding carboxylic acids is 1. The van der Waals surface area contributed by atoms with Crippen LogP contribution >= 0.6 is 12.4 Å². The standard InChI is InChI=1S/C12H18N2O2.ClH/c1-3-16-12(15)14-11-6-4-5-10(8-11)7-9(2)13;/h4-6,8-9H,3,7,13H2,1-2H3,(H,14,15);1H. The molecule has 96 valence electrons. The molecular formula is C12H19ClN2O2. The fourth-order valence-electron chi connectivity index (χ4n) is 1.43. The van der Waals surface area contributed by atoms with Gasteiger partial charge < -0.3 is 10.5 Å². The predicted octanol–water partition coefficient (Wildman–Crippen LogP) is 2.57. The Balaban J connectivity index is 0.00000256. The molecule has 4 nitrogen and oxygen atoms in total. The van der Waals surface area contributed by atoms with E-state index in [1.54, 1.807) is 6.92 Å². The largest absolute Gasteiger partial charge is 0.450 e. The van der Waals surface area contributed by atoms with Gasteiger partial charge >= 0.3 is 6.09 Å². The predicted molar refractivity (Wildman–Crippen MR) is 71.7 cm³/mol. The second kappa shape index (κ2) is 7.92. The number of benzene rings is 1. The molecule has 0 spiro atoms. The summed E-state index contributed by atoms with van der Waals surface area (Å²) in [6, 6.07) is 7.71. The van der Waals surface area contributed by atoms with Gasteiger partial charge in [0.2, 0.25) is 0 Å². The zero-order valence-electron chi connectivity index (χ0n) is 10.1. The van der Waals surface area contributed by atoms with Crippen molar-refractivity contribution < 1.29 is 9.53 Å². The molecule has 0 saturated carbocycles. The number of hydrogen-bond donors (Lipinski definition) is 2. The van der Waals surface area contributed by atoms with E-state index in [-0.39, 0.29) is 18.4 Å². The number of nitrogens with two attached hydrogens (primary N) is 1. The zero-order valence-corrected chi connectivity index (χ0v) is 10.9. The van der Waals surface area contributed by atoms with Crippen LogP contribution in [0.4, 0.5) is 10.5 Å². The van der Waals surface area contributed by atoms with E-state index in [0.29, 0.717) is 6.61 Å². The molecule has 0 saturated heterocycles. The molecule has 1 unspecified atom stereocenters. The van der Waals surface area contributed by atoms with Crippen LogP contribution in [0, 0.1) is 0 Å². The molecular weight excluding hydrogens is 240 g/mol. The first-order valence-electron chi connectivity index (χ1n) is 5.40. The van der Waals surface area contributed by atoms with Gasteiger partial charge in [0.25, 0.3) is 0 Å². The number of ether oxygens (including phenoxy) is 1. The second-order valence-corrected chi connectivity index (χ2v) is 3.73. The maximum atomic E-state index is 11.2. The normalized spacial score (nSPS) is 11.2. The van der Waals surface area contributed by atoms with Crippen molar-refractivity contribution in [3.05, 3.63) is 29.8 Å².